The van der Waals surface area contributed by atoms with Crippen molar-refractivity contribution in [1.82, 2.24) is 40.8 Å². The average Bonchev–Trinajstić information content (AvgIpc) is 4.13. The van der Waals surface area contributed by atoms with Crippen molar-refractivity contribution >= 4 is 69.0 Å². The predicted octanol–water partition coefficient (Wildman–Crippen LogP) is 8.72. The monoisotopic (exact) mass is 1020 g/mol. The fraction of sp³-hybridized carbons (Fsp3) is 0.321. The Labute approximate surface area is 434 Å². The number of carbonyl (C=O) groups is 5. The van der Waals surface area contributed by atoms with E-state index in [2.05, 4.69) is 46.5 Å². The lowest BCUT2D eigenvalue weighted by molar-refractivity contribution is -0.144. The molecule has 4 heterocycles. The van der Waals surface area contributed by atoms with Crippen LogP contribution in [0.5, 0.6) is 5.75 Å². The van der Waals surface area contributed by atoms with E-state index in [4.69, 9.17) is 4.74 Å². The summed E-state index contributed by atoms with van der Waals surface area (Å²) in [4.78, 5) is 85.0. The summed E-state index contributed by atoms with van der Waals surface area (Å²) in [7, 11) is 0. The highest BCUT2D eigenvalue weighted by Gasteiger charge is 2.44. The number of unbranched alkanes of at least 4 members (excludes halogenated alkanes) is 2. The molecule has 0 bridgehead atoms. The Morgan fingerprint density at radius 3 is 2.36 bits per heavy atom. The van der Waals surface area contributed by atoms with E-state index in [1.54, 1.807) is 35.8 Å². The number of rotatable bonds is 19. The molecular weight excluding hydrogens is 957 g/mol. The van der Waals surface area contributed by atoms with Gasteiger partial charge in [0.1, 0.15) is 30.0 Å². The van der Waals surface area contributed by atoms with Gasteiger partial charge in [-0.1, -0.05) is 57.2 Å². The van der Waals surface area contributed by atoms with Gasteiger partial charge in [-0.15, -0.1) is 11.3 Å². The summed E-state index contributed by atoms with van der Waals surface area (Å²) in [5, 5.41) is 26.7. The number of hydrogen-bond acceptors (Lipinski definition) is 12. The number of likely N-dealkylation sites (tertiary alicyclic amines) is 1. The predicted molar refractivity (Wildman–Crippen MR) is 287 cm³/mol. The smallest absolute Gasteiger partial charge is 0.255 e. The van der Waals surface area contributed by atoms with Gasteiger partial charge in [0.15, 0.2) is 0 Å². The summed E-state index contributed by atoms with van der Waals surface area (Å²) >= 11 is 1.52. The van der Waals surface area contributed by atoms with Crippen molar-refractivity contribution in [3.05, 3.63) is 137 Å². The van der Waals surface area contributed by atoms with Gasteiger partial charge in [0.25, 0.3) is 11.8 Å². The van der Waals surface area contributed by atoms with Crippen LogP contribution in [0.4, 0.5) is 17.2 Å². The van der Waals surface area contributed by atoms with Gasteiger partial charge >= 0.3 is 0 Å². The van der Waals surface area contributed by atoms with Crippen LogP contribution in [0.3, 0.4) is 0 Å². The van der Waals surface area contributed by atoms with E-state index >= 15 is 0 Å². The van der Waals surface area contributed by atoms with Gasteiger partial charge in [0.05, 0.1) is 40.5 Å². The number of thiazole rings is 1. The number of para-hydroxylation sites is 1. The number of aliphatic hydroxyl groups excluding tert-OH is 1. The molecule has 8 rings (SSSR count). The maximum Gasteiger partial charge on any atom is 0.255 e. The first kappa shape index (κ1) is 52.4. The number of nitrogens with zero attached hydrogens (tertiary/aromatic N) is 4. The number of amides is 5. The lowest BCUT2D eigenvalue weighted by atomic mass is 9.85. The second-order valence-corrected chi connectivity index (χ2v) is 20.4. The van der Waals surface area contributed by atoms with Crippen LogP contribution in [0.1, 0.15) is 98.3 Å². The lowest BCUT2D eigenvalue weighted by Crippen LogP contribution is -2.57. The van der Waals surface area contributed by atoms with Crippen LogP contribution in [-0.2, 0) is 14.4 Å². The molecule has 18 heteroatoms. The van der Waals surface area contributed by atoms with Gasteiger partial charge < -0.3 is 46.3 Å². The topological polar surface area (TPSA) is 233 Å². The number of carbonyl (C=O) groups excluding carboxylic acids is 5. The number of aromatic nitrogens is 4. The molecule has 1 fully saturated rings. The number of aryl methyl sites for hydroxylation is 1. The molecule has 0 aliphatic carbocycles. The number of anilines is 3. The fourth-order valence-corrected chi connectivity index (χ4v) is 9.80. The summed E-state index contributed by atoms with van der Waals surface area (Å²) < 4.78 is 6.41. The van der Waals surface area contributed by atoms with Crippen molar-refractivity contribution in [3.63, 3.8) is 0 Å². The molecule has 0 saturated carbocycles. The Bertz CT molecular complexity index is 3150. The summed E-state index contributed by atoms with van der Waals surface area (Å²) in [5.74, 6) is -0.588. The maximum absolute atomic E-state index is 13.9. The quantitative estimate of drug-likeness (QED) is 0.0379. The molecule has 3 aromatic heterocycles. The van der Waals surface area contributed by atoms with Gasteiger partial charge in [-0.2, -0.15) is 0 Å². The first-order valence-electron chi connectivity index (χ1n) is 24.7. The third-order valence-electron chi connectivity index (χ3n) is 12.9. The number of hydrogen-bond donors (Lipinski definition) is 7. The number of benzene rings is 4. The molecule has 4 aromatic carbocycles. The molecule has 7 aromatic rings. The Morgan fingerprint density at radius 1 is 0.865 bits per heavy atom. The highest BCUT2D eigenvalue weighted by Crippen LogP contribution is 2.36. The summed E-state index contributed by atoms with van der Waals surface area (Å²) in [6.45, 7) is 11.4. The minimum Gasteiger partial charge on any atom is -0.493 e. The van der Waals surface area contributed by atoms with Gasteiger partial charge in [-0.25, -0.2) is 15.0 Å². The minimum absolute atomic E-state index is 0.0228. The Kier molecular flexibility index (Phi) is 16.5. The molecule has 17 nitrogen and oxygen atoms in total. The van der Waals surface area contributed by atoms with E-state index in [-0.39, 0.29) is 30.7 Å². The first-order valence-corrected chi connectivity index (χ1v) is 25.6. The van der Waals surface area contributed by atoms with Gasteiger partial charge in [0, 0.05) is 83.2 Å². The number of H-pyrrole nitrogens is 1. The number of β-amino-alcohol motifs (C(OH)–C–C–N with tert-alkyl or cyclic N) is 1. The zero-order valence-corrected chi connectivity index (χ0v) is 43.1. The molecule has 74 heavy (non-hydrogen) atoms. The third kappa shape index (κ3) is 12.8. The van der Waals surface area contributed by atoms with Gasteiger partial charge in [-0.3, -0.25) is 24.0 Å². The van der Waals surface area contributed by atoms with Crippen molar-refractivity contribution in [3.8, 4) is 27.4 Å². The summed E-state index contributed by atoms with van der Waals surface area (Å²) in [5.41, 5.74) is 8.59. The standard InChI is InChI=1S/C56H62N10O7S/c1-33(62-54(71)47-27-41(68)30-66(47)55(72)51(56(4,5)6)63-35(3)67)42-22-21-38(50-34(2)61-32-74-50)25-48(42)73-24-11-7-10-23-57-52(69)36-17-19-37(20-18-36)53(70)65-40-14-12-13-39(26-40)64-49-28-46(59-31-60-49)44-29-58-45-16-9-8-15-43(44)45/h8-9,12-22,25-26,28-29,31-33,41,47,51,58,68H,7,10-11,23-24,27,30H2,1-6H3,(H,57,69)(H,62,71)(H,63,67)(H,65,70)(H,59,60,64)/t33-,41+,47-,51+/m0/s1. The zero-order chi connectivity index (χ0) is 52.5. The van der Waals surface area contributed by atoms with Crippen molar-refractivity contribution in [2.24, 2.45) is 5.41 Å². The Balaban J connectivity index is 0.807. The Morgan fingerprint density at radius 2 is 1.62 bits per heavy atom. The third-order valence-corrected chi connectivity index (χ3v) is 13.8. The molecule has 0 spiro atoms. The molecule has 0 radical (unpaired) electrons. The van der Waals surface area contributed by atoms with Crippen LogP contribution in [0.25, 0.3) is 32.6 Å². The van der Waals surface area contributed by atoms with Crippen molar-refractivity contribution < 1.29 is 33.8 Å². The van der Waals surface area contributed by atoms with Crippen molar-refractivity contribution in [2.75, 3.05) is 30.3 Å². The molecule has 4 atom stereocenters. The molecule has 384 valence electrons. The number of aliphatic hydroxyl groups is 1. The number of nitrogens with one attached hydrogen (secondary N) is 6. The van der Waals surface area contributed by atoms with E-state index in [0.29, 0.717) is 54.4 Å². The Hall–Kier alpha value is -7.96. The second kappa shape index (κ2) is 23.3. The molecule has 0 unspecified atom stereocenters. The molecule has 1 aliphatic rings. The van der Waals surface area contributed by atoms with Crippen LogP contribution in [0, 0.1) is 12.3 Å². The number of aromatic amines is 1. The van der Waals surface area contributed by atoms with E-state index in [0.717, 1.165) is 56.0 Å². The molecule has 7 N–H and O–H groups in total. The minimum atomic E-state index is -0.933. The van der Waals surface area contributed by atoms with Crippen molar-refractivity contribution in [1.29, 1.82) is 0 Å². The van der Waals surface area contributed by atoms with Gasteiger partial charge in [0.2, 0.25) is 17.7 Å². The van der Waals surface area contributed by atoms with Crippen molar-refractivity contribution in [2.45, 2.75) is 91.5 Å². The van der Waals surface area contributed by atoms with Crippen LogP contribution in [0.2, 0.25) is 0 Å². The highest BCUT2D eigenvalue weighted by atomic mass is 32.1. The number of ether oxygens (including phenoxy) is 1. The van der Waals surface area contributed by atoms with E-state index in [1.807, 2.05) is 108 Å². The van der Waals surface area contributed by atoms with Crippen LogP contribution >= 0.6 is 11.3 Å². The second-order valence-electron chi connectivity index (χ2n) is 19.6. The maximum atomic E-state index is 13.9. The molecular formula is C56H62N10O7S. The highest BCUT2D eigenvalue weighted by molar-refractivity contribution is 7.13. The molecule has 1 saturated heterocycles. The average molecular weight is 1020 g/mol. The summed E-state index contributed by atoms with van der Waals surface area (Å²) in [6.07, 6.45) is 4.77. The zero-order valence-electron chi connectivity index (χ0n) is 42.3. The van der Waals surface area contributed by atoms with E-state index in [1.165, 1.54) is 29.5 Å². The van der Waals surface area contributed by atoms with Crippen LogP contribution in [-0.4, -0.2) is 97.4 Å². The van der Waals surface area contributed by atoms with Crippen LogP contribution < -0.4 is 31.3 Å². The molecule has 1 aliphatic heterocycles. The fourth-order valence-electron chi connectivity index (χ4n) is 8.99. The van der Waals surface area contributed by atoms with E-state index in [9.17, 15) is 29.1 Å². The van der Waals surface area contributed by atoms with Crippen LogP contribution in [0.15, 0.2) is 115 Å². The van der Waals surface area contributed by atoms with Gasteiger partial charge in [-0.05, 0) is 98.7 Å². The normalized spacial score (nSPS) is 15.3. The lowest BCUT2D eigenvalue weighted by Gasteiger charge is -2.35. The number of fused-ring (bicyclic) bond motifs is 1. The first-order chi connectivity index (χ1) is 35.5. The largest absolute Gasteiger partial charge is 0.493 e. The summed E-state index contributed by atoms with van der Waals surface area (Å²) in [6, 6.07) is 27.2. The van der Waals surface area contributed by atoms with E-state index < -0.39 is 41.5 Å². The molecule has 5 amide bonds. The SMILES string of the molecule is CC(=O)N[C@H](C(=O)N1C[C@H](O)C[C@H]1C(=O)N[C@@H](C)c1ccc(-c2scnc2C)cc1OCCCCCNC(=O)c1ccc(C(=O)Nc2cccc(Nc3cc(-c4c[nH]c5ccccc45)ncn3)c2)cc1)C(C)(C)C.